The maximum atomic E-state index is 12.4. The molecule has 0 atom stereocenters. The van der Waals surface area contributed by atoms with Gasteiger partial charge in [-0.05, 0) is 24.3 Å². The number of rotatable bonds is 4. The van der Waals surface area contributed by atoms with Gasteiger partial charge in [-0.1, -0.05) is 12.1 Å². The second-order valence-electron chi connectivity index (χ2n) is 4.17. The number of benzene rings is 2. The highest BCUT2D eigenvalue weighted by atomic mass is 32.2. The van der Waals surface area contributed by atoms with Gasteiger partial charge in [0.25, 0.3) is 10.0 Å². The van der Waals surface area contributed by atoms with Crippen LogP contribution in [0, 0.1) is 11.3 Å². The van der Waals surface area contributed by atoms with E-state index in [1.54, 1.807) is 12.1 Å². The SMILES string of the molecule is COc1cc(N)ccc1S(=O)(=O)Nc1ccccc1C#N. The Labute approximate surface area is 122 Å². The van der Waals surface area contributed by atoms with Crippen LogP contribution in [0.25, 0.3) is 0 Å². The van der Waals surface area contributed by atoms with Crippen molar-refractivity contribution in [2.45, 2.75) is 4.90 Å². The molecule has 0 radical (unpaired) electrons. The van der Waals surface area contributed by atoms with E-state index < -0.39 is 10.0 Å². The summed E-state index contributed by atoms with van der Waals surface area (Å²) >= 11 is 0. The van der Waals surface area contributed by atoms with Crippen LogP contribution in [0.4, 0.5) is 11.4 Å². The Morgan fingerprint density at radius 2 is 1.95 bits per heavy atom. The van der Waals surface area contributed by atoms with Crippen molar-refractivity contribution in [2.75, 3.05) is 17.6 Å². The zero-order chi connectivity index (χ0) is 15.5. The molecule has 108 valence electrons. The molecule has 0 unspecified atom stereocenters. The van der Waals surface area contributed by atoms with Gasteiger partial charge in [0.15, 0.2) is 0 Å². The number of nitrogens with one attached hydrogen (secondary N) is 1. The highest BCUT2D eigenvalue weighted by Crippen LogP contribution is 2.28. The summed E-state index contributed by atoms with van der Waals surface area (Å²) in [6.45, 7) is 0. The van der Waals surface area contributed by atoms with Gasteiger partial charge < -0.3 is 10.5 Å². The van der Waals surface area contributed by atoms with Crippen molar-refractivity contribution in [2.24, 2.45) is 0 Å². The average Bonchev–Trinajstić information content (AvgIpc) is 2.47. The number of hydrogen-bond acceptors (Lipinski definition) is 5. The monoisotopic (exact) mass is 303 g/mol. The summed E-state index contributed by atoms with van der Waals surface area (Å²) in [4.78, 5) is -0.0491. The van der Waals surface area contributed by atoms with Crippen molar-refractivity contribution >= 4 is 21.4 Å². The Morgan fingerprint density at radius 1 is 1.24 bits per heavy atom. The molecule has 2 rings (SSSR count). The predicted octanol–water partition coefficient (Wildman–Crippen LogP) is 1.95. The smallest absolute Gasteiger partial charge is 0.265 e. The number of nitrogens with two attached hydrogens (primary N) is 1. The Balaban J connectivity index is 2.47. The predicted molar refractivity (Wildman–Crippen MR) is 79.4 cm³/mol. The van der Waals surface area contributed by atoms with Gasteiger partial charge >= 0.3 is 0 Å². The molecule has 0 aromatic heterocycles. The third kappa shape index (κ3) is 3.07. The van der Waals surface area contributed by atoms with Gasteiger partial charge in [0, 0.05) is 11.8 Å². The summed E-state index contributed by atoms with van der Waals surface area (Å²) in [5.41, 5.74) is 6.44. The third-order valence-corrected chi connectivity index (χ3v) is 4.17. The fourth-order valence-corrected chi connectivity index (χ4v) is 3.01. The lowest BCUT2D eigenvalue weighted by Gasteiger charge is -2.12. The fourth-order valence-electron chi connectivity index (χ4n) is 1.78. The summed E-state index contributed by atoms with van der Waals surface area (Å²) in [7, 11) is -2.53. The summed E-state index contributed by atoms with van der Waals surface area (Å²) in [5.74, 6) is 0.136. The molecular formula is C14H13N3O3S. The summed E-state index contributed by atoms with van der Waals surface area (Å²) in [6, 6.07) is 12.5. The zero-order valence-electron chi connectivity index (χ0n) is 11.2. The van der Waals surface area contributed by atoms with Crippen molar-refractivity contribution in [3.05, 3.63) is 48.0 Å². The molecule has 0 saturated heterocycles. The molecule has 7 heteroatoms. The molecule has 0 saturated carbocycles. The van der Waals surface area contributed by atoms with E-state index in [0.29, 0.717) is 5.69 Å². The van der Waals surface area contributed by atoms with Crippen LogP contribution in [-0.2, 0) is 10.0 Å². The van der Waals surface area contributed by atoms with E-state index in [-0.39, 0.29) is 21.9 Å². The lowest BCUT2D eigenvalue weighted by molar-refractivity contribution is 0.403. The molecule has 0 spiro atoms. The van der Waals surface area contributed by atoms with Crippen LogP contribution in [0.15, 0.2) is 47.4 Å². The molecule has 6 nitrogen and oxygen atoms in total. The first kappa shape index (κ1) is 14.7. The molecule has 3 N–H and O–H groups in total. The molecule has 0 heterocycles. The second-order valence-corrected chi connectivity index (χ2v) is 5.82. The van der Waals surface area contributed by atoms with E-state index in [1.165, 1.54) is 37.4 Å². The van der Waals surface area contributed by atoms with Gasteiger partial charge in [0.2, 0.25) is 0 Å². The topological polar surface area (TPSA) is 105 Å². The highest BCUT2D eigenvalue weighted by Gasteiger charge is 2.20. The summed E-state index contributed by atoms with van der Waals surface area (Å²) in [5, 5.41) is 9.00. The molecule has 0 aliphatic carbocycles. The van der Waals surface area contributed by atoms with E-state index in [2.05, 4.69) is 4.72 Å². The van der Waals surface area contributed by atoms with Gasteiger partial charge in [0.05, 0.1) is 18.4 Å². The minimum Gasteiger partial charge on any atom is -0.495 e. The van der Waals surface area contributed by atoms with Gasteiger partial charge in [-0.25, -0.2) is 8.42 Å². The van der Waals surface area contributed by atoms with E-state index in [0.717, 1.165) is 0 Å². The van der Waals surface area contributed by atoms with Crippen molar-refractivity contribution in [3.8, 4) is 11.8 Å². The van der Waals surface area contributed by atoms with Crippen LogP contribution in [0.1, 0.15) is 5.56 Å². The molecule has 0 fully saturated rings. The second kappa shape index (κ2) is 5.73. The van der Waals surface area contributed by atoms with Crippen LogP contribution >= 0.6 is 0 Å². The number of ether oxygens (including phenoxy) is 1. The van der Waals surface area contributed by atoms with Crippen molar-refractivity contribution in [3.63, 3.8) is 0 Å². The minimum absolute atomic E-state index is 0.0491. The Bertz CT molecular complexity index is 810. The Kier molecular flexibility index (Phi) is 4.00. The molecule has 0 aliphatic heterocycles. The fraction of sp³-hybridized carbons (Fsp3) is 0.0714. The highest BCUT2D eigenvalue weighted by molar-refractivity contribution is 7.92. The van der Waals surface area contributed by atoms with Gasteiger partial charge in [-0.15, -0.1) is 0 Å². The lowest BCUT2D eigenvalue weighted by Crippen LogP contribution is -2.15. The van der Waals surface area contributed by atoms with Crippen molar-refractivity contribution in [1.29, 1.82) is 5.26 Å². The Hall–Kier alpha value is -2.72. The standard InChI is InChI=1S/C14H13N3O3S/c1-20-13-8-11(16)6-7-14(13)21(18,19)17-12-5-3-2-4-10(12)9-15/h2-8,17H,16H2,1H3. The van der Waals surface area contributed by atoms with Crippen LogP contribution in [0.2, 0.25) is 0 Å². The largest absolute Gasteiger partial charge is 0.495 e. The molecule has 0 bridgehead atoms. The molecular weight excluding hydrogens is 290 g/mol. The number of para-hydroxylation sites is 1. The number of methoxy groups -OCH3 is 1. The molecule has 21 heavy (non-hydrogen) atoms. The molecule has 2 aromatic carbocycles. The maximum absolute atomic E-state index is 12.4. The first-order chi connectivity index (χ1) is 9.97. The number of nitrogens with zero attached hydrogens (tertiary/aromatic N) is 1. The lowest BCUT2D eigenvalue weighted by atomic mass is 10.2. The zero-order valence-corrected chi connectivity index (χ0v) is 12.0. The first-order valence-corrected chi connectivity index (χ1v) is 7.41. The number of nitrogen functional groups attached to an aromatic ring is 1. The minimum atomic E-state index is -3.89. The van der Waals surface area contributed by atoms with Gasteiger partial charge in [-0.2, -0.15) is 5.26 Å². The van der Waals surface area contributed by atoms with Crippen LogP contribution in [0.3, 0.4) is 0 Å². The molecule has 0 amide bonds. The number of nitriles is 1. The van der Waals surface area contributed by atoms with Crippen LogP contribution in [0.5, 0.6) is 5.75 Å². The molecule has 2 aromatic rings. The van der Waals surface area contributed by atoms with Gasteiger partial charge in [-0.3, -0.25) is 4.72 Å². The first-order valence-electron chi connectivity index (χ1n) is 5.93. The maximum Gasteiger partial charge on any atom is 0.265 e. The van der Waals surface area contributed by atoms with E-state index in [9.17, 15) is 8.42 Å². The van der Waals surface area contributed by atoms with Crippen molar-refractivity contribution in [1.82, 2.24) is 0 Å². The van der Waals surface area contributed by atoms with Gasteiger partial charge in [0.1, 0.15) is 16.7 Å². The van der Waals surface area contributed by atoms with E-state index in [1.807, 2.05) is 6.07 Å². The quantitative estimate of drug-likeness (QED) is 0.840. The summed E-state index contributed by atoms with van der Waals surface area (Å²) < 4.78 is 32.3. The van der Waals surface area contributed by atoms with E-state index >= 15 is 0 Å². The average molecular weight is 303 g/mol. The van der Waals surface area contributed by atoms with Crippen molar-refractivity contribution < 1.29 is 13.2 Å². The Morgan fingerprint density at radius 3 is 2.62 bits per heavy atom. The van der Waals surface area contributed by atoms with Crippen LogP contribution in [-0.4, -0.2) is 15.5 Å². The summed E-state index contributed by atoms with van der Waals surface area (Å²) in [6.07, 6.45) is 0. The third-order valence-electron chi connectivity index (χ3n) is 2.77. The molecule has 0 aliphatic rings. The number of hydrogen-bond donors (Lipinski definition) is 2. The number of sulfonamides is 1. The van der Waals surface area contributed by atoms with Crippen LogP contribution < -0.4 is 15.2 Å². The normalized spacial score (nSPS) is 10.7. The van der Waals surface area contributed by atoms with E-state index in [4.69, 9.17) is 15.7 Å². The number of anilines is 2.